The van der Waals surface area contributed by atoms with Crippen molar-refractivity contribution >= 4 is 23.6 Å². The number of rotatable bonds is 7. The van der Waals surface area contributed by atoms with Crippen molar-refractivity contribution in [2.45, 2.75) is 27.2 Å². The average Bonchev–Trinajstić information content (AvgIpc) is 3.17. The molecule has 0 heterocycles. The number of carbonyl (C=O) groups is 3. The van der Waals surface area contributed by atoms with Crippen LogP contribution in [0.3, 0.4) is 0 Å². The minimum Gasteiger partial charge on any atom is -0.465 e. The summed E-state index contributed by atoms with van der Waals surface area (Å²) >= 11 is 0. The van der Waals surface area contributed by atoms with Gasteiger partial charge in [0, 0.05) is 0 Å². The molecule has 1 fully saturated rings. The molecule has 1 aliphatic carbocycles. The second kappa shape index (κ2) is 6.99. The van der Waals surface area contributed by atoms with Crippen LogP contribution in [0.5, 0.6) is 0 Å². The summed E-state index contributed by atoms with van der Waals surface area (Å²) in [5.41, 5.74) is 6.97. The van der Waals surface area contributed by atoms with Crippen molar-refractivity contribution in [1.29, 1.82) is 0 Å². The second-order valence-electron chi connectivity index (χ2n) is 4.37. The summed E-state index contributed by atoms with van der Waals surface area (Å²) in [7, 11) is 0. The molecule has 1 rings (SSSR count). The van der Waals surface area contributed by atoms with Crippen LogP contribution in [-0.2, 0) is 28.6 Å². The van der Waals surface area contributed by atoms with Gasteiger partial charge in [0.2, 0.25) is 0 Å². The number of carbonyl (C=O) groups excluding carboxylic acids is 3. The third kappa shape index (κ3) is 3.11. The predicted octanol–water partition coefficient (Wildman–Crippen LogP) is 0.353. The maximum atomic E-state index is 12.0. The van der Waals surface area contributed by atoms with Gasteiger partial charge in [0.1, 0.15) is 0 Å². The molecule has 0 saturated heterocycles. The maximum absolute atomic E-state index is 12.0. The van der Waals surface area contributed by atoms with Crippen LogP contribution < -0.4 is 0 Å². The van der Waals surface area contributed by atoms with E-state index in [0.29, 0.717) is 0 Å². The van der Waals surface area contributed by atoms with Gasteiger partial charge in [0.15, 0.2) is 5.41 Å². The van der Waals surface area contributed by atoms with E-state index in [9.17, 15) is 14.4 Å². The van der Waals surface area contributed by atoms with Gasteiger partial charge < -0.3 is 19.7 Å². The predicted molar refractivity (Wildman–Crippen MR) is 69.1 cm³/mol. The zero-order valence-electron chi connectivity index (χ0n) is 12.2. The molecular formula is C13H18N2O6. The van der Waals surface area contributed by atoms with E-state index in [-0.39, 0.29) is 32.0 Å². The van der Waals surface area contributed by atoms with Gasteiger partial charge in [0.25, 0.3) is 0 Å². The number of nitrogens with zero attached hydrogens (tertiary/aromatic N) is 2. The summed E-state index contributed by atoms with van der Waals surface area (Å²) < 4.78 is 14.5. The molecule has 0 aromatic heterocycles. The third-order valence-electron chi connectivity index (χ3n) is 3.16. The summed E-state index contributed by atoms with van der Waals surface area (Å²) in [5, 5.41) is 0. The fourth-order valence-corrected chi connectivity index (χ4v) is 2.11. The maximum Gasteiger partial charge on any atom is 0.417 e. The van der Waals surface area contributed by atoms with Crippen LogP contribution in [-0.4, -0.2) is 48.2 Å². The molecular weight excluding hydrogens is 280 g/mol. The Morgan fingerprint density at radius 3 is 1.90 bits per heavy atom. The van der Waals surface area contributed by atoms with E-state index < -0.39 is 29.2 Å². The highest BCUT2D eigenvalue weighted by Gasteiger charge is 2.74. The van der Waals surface area contributed by atoms with Gasteiger partial charge in [-0.2, -0.15) is 4.79 Å². The molecule has 8 nitrogen and oxygen atoms in total. The van der Waals surface area contributed by atoms with E-state index in [1.54, 1.807) is 20.8 Å². The second-order valence-corrected chi connectivity index (χ2v) is 4.37. The highest BCUT2D eigenvalue weighted by Crippen LogP contribution is 2.55. The van der Waals surface area contributed by atoms with Crippen LogP contribution in [0.2, 0.25) is 0 Å². The van der Waals surface area contributed by atoms with E-state index in [0.717, 1.165) is 0 Å². The smallest absolute Gasteiger partial charge is 0.417 e. The molecule has 0 radical (unpaired) electrons. The van der Waals surface area contributed by atoms with Gasteiger partial charge in [-0.1, -0.05) is 0 Å². The zero-order valence-corrected chi connectivity index (χ0v) is 12.2. The van der Waals surface area contributed by atoms with Crippen molar-refractivity contribution in [1.82, 2.24) is 0 Å². The summed E-state index contributed by atoms with van der Waals surface area (Å²) in [5.74, 6) is -3.36. The molecule has 0 unspecified atom stereocenters. The molecule has 0 spiro atoms. The molecule has 0 aromatic rings. The van der Waals surface area contributed by atoms with Gasteiger partial charge in [-0.15, -0.1) is 0 Å². The molecule has 1 aliphatic rings. The fourth-order valence-electron chi connectivity index (χ4n) is 2.11. The lowest BCUT2D eigenvalue weighted by molar-refractivity contribution is -0.164. The minimum atomic E-state index is -1.62. The van der Waals surface area contributed by atoms with Crippen molar-refractivity contribution in [3.63, 3.8) is 0 Å². The molecule has 0 aliphatic heterocycles. The summed E-state index contributed by atoms with van der Waals surface area (Å²) in [6.45, 7) is 5.02. The first kappa shape index (κ1) is 16.8. The molecule has 116 valence electrons. The van der Waals surface area contributed by atoms with Crippen molar-refractivity contribution < 1.29 is 33.4 Å². The number of esters is 3. The molecule has 1 saturated carbocycles. The van der Waals surface area contributed by atoms with Gasteiger partial charge in [0.05, 0.1) is 25.7 Å². The lowest BCUT2D eigenvalue weighted by Crippen LogP contribution is -2.35. The van der Waals surface area contributed by atoms with Crippen molar-refractivity contribution in [2.24, 2.45) is 11.3 Å². The number of hydrogen-bond acceptors (Lipinski definition) is 6. The summed E-state index contributed by atoms with van der Waals surface area (Å²) in [4.78, 5) is 38.6. The largest absolute Gasteiger partial charge is 0.465 e. The summed E-state index contributed by atoms with van der Waals surface area (Å²) in [6.07, 6.45) is -0.0110. The Hall–Kier alpha value is -2.21. The molecule has 0 amide bonds. The molecule has 0 bridgehead atoms. The van der Waals surface area contributed by atoms with Crippen LogP contribution in [0.25, 0.3) is 5.53 Å². The van der Waals surface area contributed by atoms with Crippen LogP contribution >= 0.6 is 0 Å². The van der Waals surface area contributed by atoms with Crippen LogP contribution in [0.1, 0.15) is 27.2 Å². The van der Waals surface area contributed by atoms with E-state index in [4.69, 9.17) is 19.7 Å². The molecule has 1 atom stereocenters. The molecule has 0 N–H and O–H groups in total. The first-order valence-electron chi connectivity index (χ1n) is 6.72. The van der Waals surface area contributed by atoms with Gasteiger partial charge in [-0.3, -0.25) is 9.59 Å². The van der Waals surface area contributed by atoms with Crippen molar-refractivity contribution in [2.75, 3.05) is 19.8 Å². The fraction of sp³-hybridized carbons (Fsp3) is 0.692. The topological polar surface area (TPSA) is 115 Å². The Morgan fingerprint density at radius 2 is 1.52 bits per heavy atom. The number of hydrogen-bond donors (Lipinski definition) is 0. The van der Waals surface area contributed by atoms with Gasteiger partial charge in [-0.25, -0.2) is 4.79 Å². The molecule has 0 aromatic carbocycles. The van der Waals surface area contributed by atoms with E-state index in [1.165, 1.54) is 0 Å². The molecule has 21 heavy (non-hydrogen) atoms. The normalized spacial score (nSPS) is 18.1. The van der Waals surface area contributed by atoms with E-state index >= 15 is 0 Å². The molecule has 8 heteroatoms. The third-order valence-corrected chi connectivity index (χ3v) is 3.16. The lowest BCUT2D eigenvalue weighted by atomic mass is 10.0. The van der Waals surface area contributed by atoms with Gasteiger partial charge in [-0.05, 0) is 27.2 Å². The number of ether oxygens (including phenoxy) is 3. The Labute approximate surface area is 122 Å². The SMILES string of the molecule is CCOC(=O)C(=[N+]=[N-])[C@@H]1CC1(C(=O)OCC)C(=O)OCC. The zero-order chi connectivity index (χ0) is 16.0. The Bertz CT molecular complexity index is 477. The highest BCUT2D eigenvalue weighted by atomic mass is 16.6. The average molecular weight is 298 g/mol. The highest BCUT2D eigenvalue weighted by molar-refractivity contribution is 6.37. The minimum absolute atomic E-state index is 0.0110. The van der Waals surface area contributed by atoms with E-state index in [2.05, 4.69) is 4.79 Å². The van der Waals surface area contributed by atoms with Gasteiger partial charge >= 0.3 is 23.6 Å². The van der Waals surface area contributed by atoms with Crippen molar-refractivity contribution in [3.8, 4) is 0 Å². The van der Waals surface area contributed by atoms with Crippen LogP contribution in [0.15, 0.2) is 0 Å². The van der Waals surface area contributed by atoms with E-state index in [1.807, 2.05) is 0 Å². The van der Waals surface area contributed by atoms with Crippen molar-refractivity contribution in [3.05, 3.63) is 5.53 Å². The monoisotopic (exact) mass is 298 g/mol. The van der Waals surface area contributed by atoms with Crippen LogP contribution in [0, 0.1) is 11.3 Å². The van der Waals surface area contributed by atoms with Crippen LogP contribution in [0.4, 0.5) is 0 Å². The lowest BCUT2D eigenvalue weighted by Gasteiger charge is -2.13. The Morgan fingerprint density at radius 1 is 1.05 bits per heavy atom. The summed E-state index contributed by atoms with van der Waals surface area (Å²) in [6, 6.07) is 0. The first-order chi connectivity index (χ1) is 9.99. The standard InChI is InChI=1S/C13H18N2O6/c1-4-19-10(16)9(15-14)8-7-13(8,11(17)20-5-2)12(18)21-6-3/h8H,4-7H2,1-3H3/t8-/m0/s1. The quantitative estimate of drug-likeness (QED) is 0.167. The Kier molecular flexibility index (Phi) is 5.60. The Balaban J connectivity index is 3.04. The first-order valence-corrected chi connectivity index (χ1v) is 6.72.